The average molecular weight is 625 g/mol. The van der Waals surface area contributed by atoms with Crippen molar-refractivity contribution in [3.05, 3.63) is 65.4 Å². The Bertz CT molecular complexity index is 1520. The second-order valence-corrected chi connectivity index (χ2v) is 14.6. The lowest BCUT2D eigenvalue weighted by Gasteiger charge is -2.34. The van der Waals surface area contributed by atoms with Gasteiger partial charge in [-0.3, -0.25) is 9.59 Å². The highest BCUT2D eigenvalue weighted by Gasteiger charge is 2.32. The Morgan fingerprint density at radius 3 is 2.25 bits per heavy atom. The van der Waals surface area contributed by atoms with Gasteiger partial charge in [-0.05, 0) is 55.2 Å². The van der Waals surface area contributed by atoms with E-state index in [9.17, 15) is 18.0 Å². The molecular weight excluding hydrogens is 576 g/mol. The summed E-state index contributed by atoms with van der Waals surface area (Å²) in [6, 6.07) is 13.6. The first-order valence-electron chi connectivity index (χ1n) is 15.4. The molecule has 0 bridgehead atoms. The number of nitrogens with zero attached hydrogens (tertiary/aromatic N) is 2. The number of amides is 2. The zero-order valence-corrected chi connectivity index (χ0v) is 28.2. The molecule has 0 fully saturated rings. The highest BCUT2D eigenvalue weighted by Crippen LogP contribution is 2.30. The Labute approximate surface area is 262 Å². The van der Waals surface area contributed by atoms with Crippen LogP contribution >= 0.6 is 0 Å². The molecule has 0 aliphatic rings. The second kappa shape index (κ2) is 14.9. The highest BCUT2D eigenvalue weighted by atomic mass is 32.2. The van der Waals surface area contributed by atoms with Crippen molar-refractivity contribution in [1.82, 2.24) is 15.4 Å². The molecule has 1 aromatic heterocycles. The van der Waals surface area contributed by atoms with E-state index < -0.39 is 16.1 Å². The number of unbranched alkanes of at least 4 members (excludes halogenated alkanes) is 1. The third kappa shape index (κ3) is 9.17. The molecule has 2 N–H and O–H groups in total. The van der Waals surface area contributed by atoms with Crippen molar-refractivity contribution in [3.8, 4) is 11.1 Å². The molecular formula is C34H48N4O5S. The van der Waals surface area contributed by atoms with E-state index >= 15 is 0 Å². The van der Waals surface area contributed by atoms with Gasteiger partial charge in [-0.2, -0.15) is 0 Å². The molecule has 0 saturated carbocycles. The van der Waals surface area contributed by atoms with Gasteiger partial charge in [0.1, 0.15) is 6.04 Å². The molecule has 3 aromatic rings. The lowest BCUT2D eigenvalue weighted by atomic mass is 9.92. The zero-order chi connectivity index (χ0) is 32.7. The van der Waals surface area contributed by atoms with Gasteiger partial charge in [0.25, 0.3) is 10.0 Å². The Morgan fingerprint density at radius 2 is 1.68 bits per heavy atom. The van der Waals surface area contributed by atoms with Gasteiger partial charge in [0.2, 0.25) is 17.7 Å². The first-order chi connectivity index (χ1) is 20.6. The molecule has 2 aromatic carbocycles. The van der Waals surface area contributed by atoms with E-state index in [2.05, 4.69) is 36.0 Å². The van der Waals surface area contributed by atoms with E-state index in [1.54, 1.807) is 43.0 Å². The molecule has 10 heteroatoms. The summed E-state index contributed by atoms with van der Waals surface area (Å²) < 4.78 is 34.5. The zero-order valence-electron chi connectivity index (χ0n) is 27.4. The smallest absolute Gasteiger partial charge is 0.264 e. The molecule has 3 rings (SSSR count). The van der Waals surface area contributed by atoms with Gasteiger partial charge in [-0.1, -0.05) is 95.6 Å². The summed E-state index contributed by atoms with van der Waals surface area (Å²) in [6.07, 6.45) is 2.83. The Morgan fingerprint density at radius 1 is 1.02 bits per heavy atom. The summed E-state index contributed by atoms with van der Waals surface area (Å²) in [5.41, 5.74) is 3.38. The van der Waals surface area contributed by atoms with Gasteiger partial charge in [-0.15, -0.1) is 0 Å². The number of anilines is 1. The van der Waals surface area contributed by atoms with Crippen LogP contribution in [0.1, 0.15) is 84.0 Å². The molecule has 0 spiro atoms. The summed E-state index contributed by atoms with van der Waals surface area (Å²) >= 11 is 0. The van der Waals surface area contributed by atoms with Crippen LogP contribution in [-0.2, 0) is 26.2 Å². The van der Waals surface area contributed by atoms with Crippen molar-refractivity contribution in [3.63, 3.8) is 0 Å². The predicted molar refractivity (Wildman–Crippen MR) is 174 cm³/mol. The summed E-state index contributed by atoms with van der Waals surface area (Å²) in [6.45, 7) is 16.7. The maximum absolute atomic E-state index is 13.5. The van der Waals surface area contributed by atoms with E-state index in [0.29, 0.717) is 35.3 Å². The number of sulfonamides is 1. The molecule has 9 nitrogen and oxygen atoms in total. The lowest BCUT2D eigenvalue weighted by Crippen LogP contribution is -2.52. The van der Waals surface area contributed by atoms with E-state index in [1.165, 1.54) is 0 Å². The average Bonchev–Trinajstić information content (AvgIpc) is 3.26. The number of carbonyl (C=O) groups excluding carboxylic acids is 2. The van der Waals surface area contributed by atoms with E-state index in [4.69, 9.17) is 4.52 Å². The first-order valence-corrected chi connectivity index (χ1v) is 16.8. The van der Waals surface area contributed by atoms with Crippen molar-refractivity contribution in [2.75, 3.05) is 11.3 Å². The maximum Gasteiger partial charge on any atom is 0.264 e. The summed E-state index contributed by atoms with van der Waals surface area (Å²) in [7, 11) is -3.98. The van der Waals surface area contributed by atoms with Crippen LogP contribution in [0, 0.1) is 25.2 Å². The maximum atomic E-state index is 13.5. The Hall–Kier alpha value is -3.66. The lowest BCUT2D eigenvalue weighted by molar-refractivity contribution is -0.143. The number of hydrogen-bond donors (Lipinski definition) is 2. The van der Waals surface area contributed by atoms with Crippen molar-refractivity contribution in [1.29, 1.82) is 0 Å². The van der Waals surface area contributed by atoms with Crippen LogP contribution in [-0.4, -0.2) is 42.9 Å². The molecule has 0 radical (unpaired) electrons. The number of nitrogens with one attached hydrogen (secondary N) is 2. The van der Waals surface area contributed by atoms with Crippen molar-refractivity contribution in [2.24, 2.45) is 11.3 Å². The molecule has 2 amide bonds. The quantitative estimate of drug-likeness (QED) is 0.202. The highest BCUT2D eigenvalue weighted by molar-refractivity contribution is 7.92. The van der Waals surface area contributed by atoms with E-state index in [1.807, 2.05) is 45.0 Å². The Balaban J connectivity index is 1.88. The fraction of sp³-hybridized carbons (Fsp3) is 0.500. The van der Waals surface area contributed by atoms with Crippen LogP contribution in [0.25, 0.3) is 11.1 Å². The van der Waals surface area contributed by atoms with Gasteiger partial charge in [0.15, 0.2) is 0 Å². The van der Waals surface area contributed by atoms with Crippen LogP contribution in [0.2, 0.25) is 0 Å². The predicted octanol–water partition coefficient (Wildman–Crippen LogP) is 6.86. The normalized spacial score (nSPS) is 12.7. The van der Waals surface area contributed by atoms with Crippen LogP contribution in [0.5, 0.6) is 0 Å². The third-order valence-corrected chi connectivity index (χ3v) is 9.04. The largest absolute Gasteiger partial charge is 0.354 e. The topological polar surface area (TPSA) is 122 Å². The van der Waals surface area contributed by atoms with Gasteiger partial charge in [0.05, 0.1) is 10.6 Å². The number of aryl methyl sites for hydroxylation is 1. The number of rotatable bonds is 14. The van der Waals surface area contributed by atoms with Crippen LogP contribution < -0.4 is 10.0 Å². The molecule has 1 heterocycles. The molecule has 0 aliphatic heterocycles. The van der Waals surface area contributed by atoms with Crippen LogP contribution in [0.15, 0.2) is 57.9 Å². The van der Waals surface area contributed by atoms with E-state index in [0.717, 1.165) is 24.8 Å². The molecule has 44 heavy (non-hydrogen) atoms. The van der Waals surface area contributed by atoms with Gasteiger partial charge < -0.3 is 14.7 Å². The fourth-order valence-corrected chi connectivity index (χ4v) is 6.17. The number of aromatic nitrogens is 1. The van der Waals surface area contributed by atoms with Gasteiger partial charge >= 0.3 is 0 Å². The molecule has 0 saturated heterocycles. The summed E-state index contributed by atoms with van der Waals surface area (Å²) in [5, 5.41) is 6.90. The van der Waals surface area contributed by atoms with Gasteiger partial charge in [0, 0.05) is 30.6 Å². The van der Waals surface area contributed by atoms with Crippen molar-refractivity contribution >= 4 is 27.7 Å². The minimum Gasteiger partial charge on any atom is -0.354 e. The second-order valence-electron chi connectivity index (χ2n) is 12.9. The number of benzene rings is 2. The SMILES string of the molecule is CCCCC(=O)N(Cc1ccc(-c2ccccc2S(=O)(=O)Nc2onc(C)c2C)cc1)[C@H](C(=O)NCCC(C)(C)C)C(C)C. The first kappa shape index (κ1) is 34.8. The standard InChI is InChI=1S/C34H48N4O5S/c1-9-10-15-30(39)38(31(23(2)3)32(40)35-21-20-34(6,7)8)22-26-16-18-27(19-17-26)28-13-11-12-14-29(28)44(41,42)37-33-24(4)25(5)36-43-33/h11-14,16-19,23,31,37H,9-10,15,20-22H2,1-8H3,(H,35,40)/t31-/m0/s1. The molecule has 240 valence electrons. The molecule has 0 aliphatic carbocycles. The molecule has 0 unspecified atom stereocenters. The molecule has 1 atom stereocenters. The van der Waals surface area contributed by atoms with Crippen LogP contribution in [0.4, 0.5) is 5.88 Å². The number of hydrogen-bond acceptors (Lipinski definition) is 6. The summed E-state index contributed by atoms with van der Waals surface area (Å²) in [4.78, 5) is 28.7. The van der Waals surface area contributed by atoms with Crippen LogP contribution in [0.3, 0.4) is 0 Å². The monoisotopic (exact) mass is 624 g/mol. The van der Waals surface area contributed by atoms with Crippen molar-refractivity contribution in [2.45, 2.75) is 98.6 Å². The number of carbonyl (C=O) groups is 2. The Kier molecular flexibility index (Phi) is 11.8. The van der Waals surface area contributed by atoms with E-state index in [-0.39, 0.29) is 40.5 Å². The van der Waals surface area contributed by atoms with Gasteiger partial charge in [-0.25, -0.2) is 13.1 Å². The fourth-order valence-electron chi connectivity index (χ4n) is 4.90. The third-order valence-electron chi connectivity index (χ3n) is 7.65. The van der Waals surface area contributed by atoms with Crippen molar-refractivity contribution < 1.29 is 22.5 Å². The minimum absolute atomic E-state index is 0.0546. The summed E-state index contributed by atoms with van der Waals surface area (Å²) in [5.74, 6) is -0.200. The minimum atomic E-state index is -3.98.